The lowest BCUT2D eigenvalue weighted by molar-refractivity contribution is -0.149. The van der Waals surface area contributed by atoms with Crippen LogP contribution in [0.15, 0.2) is 18.2 Å². The Hall–Kier alpha value is -1.79. The Labute approximate surface area is 161 Å². The lowest BCUT2D eigenvalue weighted by atomic mass is 9.84. The smallest absolute Gasteiger partial charge is 0.225 e. The van der Waals surface area contributed by atoms with E-state index >= 15 is 0 Å². The molecule has 3 aliphatic heterocycles. The van der Waals surface area contributed by atoms with Crippen LogP contribution in [0.4, 0.5) is 5.69 Å². The molecule has 27 heavy (non-hydrogen) atoms. The van der Waals surface area contributed by atoms with Gasteiger partial charge in [-0.1, -0.05) is 0 Å². The van der Waals surface area contributed by atoms with E-state index in [1.54, 1.807) is 0 Å². The maximum absolute atomic E-state index is 12.7. The van der Waals surface area contributed by atoms with Crippen molar-refractivity contribution < 1.29 is 19.4 Å². The van der Waals surface area contributed by atoms with E-state index in [4.69, 9.17) is 9.47 Å². The Kier molecular flexibility index (Phi) is 5.28. The van der Waals surface area contributed by atoms with Gasteiger partial charge in [0.2, 0.25) is 5.91 Å². The van der Waals surface area contributed by atoms with Gasteiger partial charge in [-0.25, -0.2) is 0 Å². The van der Waals surface area contributed by atoms with E-state index in [9.17, 15) is 9.90 Å². The molecule has 1 aromatic carbocycles. The molecule has 0 saturated carbocycles. The first-order valence-corrected chi connectivity index (χ1v) is 10.1. The van der Waals surface area contributed by atoms with E-state index in [1.807, 2.05) is 31.1 Å². The predicted molar refractivity (Wildman–Crippen MR) is 103 cm³/mol. The Morgan fingerprint density at radius 3 is 2.74 bits per heavy atom. The van der Waals surface area contributed by atoms with Crippen molar-refractivity contribution in [3.05, 3.63) is 23.8 Å². The van der Waals surface area contributed by atoms with Gasteiger partial charge in [0, 0.05) is 44.4 Å². The molecule has 6 heteroatoms. The monoisotopic (exact) mass is 374 g/mol. The summed E-state index contributed by atoms with van der Waals surface area (Å²) in [6.07, 6.45) is 3.80. The van der Waals surface area contributed by atoms with Crippen LogP contribution in [0.25, 0.3) is 0 Å². The maximum atomic E-state index is 12.7. The van der Waals surface area contributed by atoms with E-state index in [2.05, 4.69) is 11.0 Å². The van der Waals surface area contributed by atoms with Crippen LogP contribution in [-0.4, -0.2) is 68.0 Å². The van der Waals surface area contributed by atoms with Crippen molar-refractivity contribution in [2.24, 2.45) is 0 Å². The zero-order chi connectivity index (χ0) is 19.0. The summed E-state index contributed by atoms with van der Waals surface area (Å²) in [5.74, 6) is 1.21. The number of nitrogens with zero attached hydrogens (tertiary/aromatic N) is 2. The highest BCUT2D eigenvalue weighted by molar-refractivity contribution is 5.76. The molecule has 4 rings (SSSR count). The first-order valence-electron chi connectivity index (χ1n) is 10.1. The Bertz CT molecular complexity index is 687. The summed E-state index contributed by atoms with van der Waals surface area (Å²) >= 11 is 0. The molecule has 148 valence electrons. The number of rotatable bonds is 4. The minimum absolute atomic E-state index is 0.0932. The molecule has 0 bridgehead atoms. The van der Waals surface area contributed by atoms with Crippen LogP contribution in [0.3, 0.4) is 0 Å². The molecule has 1 amide bonds. The van der Waals surface area contributed by atoms with Gasteiger partial charge >= 0.3 is 0 Å². The Morgan fingerprint density at radius 2 is 2.04 bits per heavy atom. The van der Waals surface area contributed by atoms with Crippen LogP contribution in [0.5, 0.6) is 5.75 Å². The number of benzene rings is 1. The number of anilines is 1. The molecular formula is C21H30N2O4. The van der Waals surface area contributed by atoms with Crippen molar-refractivity contribution in [2.45, 2.75) is 56.3 Å². The van der Waals surface area contributed by atoms with Crippen molar-refractivity contribution >= 4 is 11.6 Å². The number of ether oxygens (including phenoxy) is 2. The molecule has 0 spiro atoms. The molecule has 1 N–H and O–H groups in total. The van der Waals surface area contributed by atoms with Gasteiger partial charge in [0.1, 0.15) is 18.0 Å². The third kappa shape index (κ3) is 3.65. The van der Waals surface area contributed by atoms with E-state index < -0.39 is 6.10 Å². The van der Waals surface area contributed by atoms with Gasteiger partial charge in [-0.2, -0.15) is 0 Å². The van der Waals surface area contributed by atoms with Crippen LogP contribution in [-0.2, 0) is 9.53 Å². The van der Waals surface area contributed by atoms with E-state index in [0.29, 0.717) is 6.42 Å². The molecule has 0 radical (unpaired) electrons. The number of carbonyl (C=O) groups excluding carboxylic acids is 1. The van der Waals surface area contributed by atoms with E-state index in [-0.39, 0.29) is 30.6 Å². The number of fused-ring (bicyclic) bond motifs is 3. The summed E-state index contributed by atoms with van der Waals surface area (Å²) in [5.41, 5.74) is 2.30. The van der Waals surface area contributed by atoms with Crippen molar-refractivity contribution in [1.82, 2.24) is 4.90 Å². The number of amides is 1. The molecule has 0 aliphatic carbocycles. The number of likely N-dealkylation sites (tertiary alicyclic amines) is 1. The number of hydrogen-bond donors (Lipinski definition) is 1. The topological polar surface area (TPSA) is 62.2 Å². The number of piperidine rings is 1. The first-order chi connectivity index (χ1) is 13.1. The normalized spacial score (nSPS) is 29.7. The third-order valence-corrected chi connectivity index (χ3v) is 6.11. The summed E-state index contributed by atoms with van der Waals surface area (Å²) < 4.78 is 12.2. The largest absolute Gasteiger partial charge is 0.487 e. The van der Waals surface area contributed by atoms with Crippen LogP contribution in [0.2, 0.25) is 0 Å². The number of aliphatic hydroxyl groups is 1. The summed E-state index contributed by atoms with van der Waals surface area (Å²) in [5, 5.41) is 9.85. The number of aliphatic hydroxyl groups excluding tert-OH is 1. The SMILES string of the molecule is CN(C)c1ccc2c(c1)[C@H]1C[C@@H](CC(=O)N3CCCCC3)O[C@@H](CO)[C@H]1O2. The molecule has 1 aromatic rings. The second kappa shape index (κ2) is 7.68. The van der Waals surface area contributed by atoms with E-state index in [0.717, 1.165) is 43.8 Å². The van der Waals surface area contributed by atoms with Crippen LogP contribution in [0.1, 0.15) is 43.6 Å². The Morgan fingerprint density at radius 1 is 1.26 bits per heavy atom. The van der Waals surface area contributed by atoms with Gasteiger partial charge in [0.25, 0.3) is 0 Å². The van der Waals surface area contributed by atoms with Gasteiger partial charge in [0.15, 0.2) is 0 Å². The van der Waals surface area contributed by atoms with Crippen molar-refractivity contribution in [3.63, 3.8) is 0 Å². The molecule has 2 fully saturated rings. The first kappa shape index (κ1) is 18.6. The van der Waals surface area contributed by atoms with Crippen molar-refractivity contribution in [1.29, 1.82) is 0 Å². The second-order valence-corrected chi connectivity index (χ2v) is 8.17. The fourth-order valence-corrected chi connectivity index (χ4v) is 4.62. The van der Waals surface area contributed by atoms with Crippen molar-refractivity contribution in [2.75, 3.05) is 38.7 Å². The summed E-state index contributed by atoms with van der Waals surface area (Å²) in [6.45, 7) is 1.63. The minimum atomic E-state index is -0.391. The van der Waals surface area contributed by atoms with E-state index in [1.165, 1.54) is 12.0 Å². The lowest BCUT2D eigenvalue weighted by Gasteiger charge is -2.38. The zero-order valence-corrected chi connectivity index (χ0v) is 16.3. The van der Waals surface area contributed by atoms with Gasteiger partial charge in [-0.15, -0.1) is 0 Å². The fourth-order valence-electron chi connectivity index (χ4n) is 4.62. The second-order valence-electron chi connectivity index (χ2n) is 8.17. The van der Waals surface area contributed by atoms with Crippen LogP contribution >= 0.6 is 0 Å². The van der Waals surface area contributed by atoms with Gasteiger partial charge in [0.05, 0.1) is 19.1 Å². The molecule has 3 heterocycles. The minimum Gasteiger partial charge on any atom is -0.487 e. The summed E-state index contributed by atoms with van der Waals surface area (Å²) in [7, 11) is 4.05. The van der Waals surface area contributed by atoms with Gasteiger partial charge < -0.3 is 24.4 Å². The number of carbonyl (C=O) groups is 1. The fraction of sp³-hybridized carbons (Fsp3) is 0.667. The zero-order valence-electron chi connectivity index (χ0n) is 16.3. The summed E-state index contributed by atoms with van der Waals surface area (Å²) in [6, 6.07) is 6.22. The molecule has 3 aliphatic rings. The highest BCUT2D eigenvalue weighted by Crippen LogP contribution is 2.47. The van der Waals surface area contributed by atoms with Gasteiger partial charge in [-0.05, 0) is 43.9 Å². The number of hydrogen-bond acceptors (Lipinski definition) is 5. The summed E-state index contributed by atoms with van der Waals surface area (Å²) in [4.78, 5) is 16.7. The Balaban J connectivity index is 1.51. The predicted octanol–water partition coefficient (Wildman–Crippen LogP) is 2.15. The molecule has 4 atom stereocenters. The van der Waals surface area contributed by atoms with Crippen LogP contribution in [0, 0.1) is 0 Å². The molecule has 6 nitrogen and oxygen atoms in total. The third-order valence-electron chi connectivity index (χ3n) is 6.11. The highest BCUT2D eigenvalue weighted by Gasteiger charge is 2.46. The molecular weight excluding hydrogens is 344 g/mol. The lowest BCUT2D eigenvalue weighted by Crippen LogP contribution is -2.48. The van der Waals surface area contributed by atoms with Crippen molar-refractivity contribution in [3.8, 4) is 5.75 Å². The quantitative estimate of drug-likeness (QED) is 0.875. The molecule has 0 aromatic heterocycles. The standard InChI is InChI=1S/C21H30N2O4/c1-22(2)14-6-7-18-16(10-14)17-11-15(26-19(13-24)21(17)27-18)12-20(25)23-8-4-3-5-9-23/h6-7,10,15,17,19,21,24H,3-5,8-9,11-13H2,1-2H3/t15-,17+,19-,21-/m0/s1. The maximum Gasteiger partial charge on any atom is 0.225 e. The average Bonchev–Trinajstić information content (AvgIpc) is 3.06. The molecule has 2 saturated heterocycles. The highest BCUT2D eigenvalue weighted by atomic mass is 16.6. The van der Waals surface area contributed by atoms with Crippen LogP contribution < -0.4 is 9.64 Å². The molecule has 0 unspecified atom stereocenters. The van der Waals surface area contributed by atoms with Gasteiger partial charge in [-0.3, -0.25) is 4.79 Å². The average molecular weight is 374 g/mol.